The van der Waals surface area contributed by atoms with Crippen LogP contribution < -0.4 is 11.2 Å². The lowest BCUT2D eigenvalue weighted by Gasteiger charge is -2.13. The molecule has 0 unspecified atom stereocenters. The van der Waals surface area contributed by atoms with E-state index < -0.39 is 0 Å². The molecule has 0 saturated carbocycles. The predicted molar refractivity (Wildman–Crippen MR) is 82.8 cm³/mol. The van der Waals surface area contributed by atoms with Gasteiger partial charge >= 0.3 is 0 Å². The first-order valence-electron chi connectivity index (χ1n) is 7.16. The van der Waals surface area contributed by atoms with Crippen LogP contribution >= 0.6 is 0 Å². The number of benzene rings is 1. The molecular weight excluding hydrogens is 254 g/mol. The van der Waals surface area contributed by atoms with Gasteiger partial charge in [0.2, 0.25) is 0 Å². The molecule has 5 nitrogen and oxygen atoms in total. The van der Waals surface area contributed by atoms with Gasteiger partial charge in [0.15, 0.2) is 0 Å². The van der Waals surface area contributed by atoms with Crippen LogP contribution in [0.2, 0.25) is 0 Å². The smallest absolute Gasteiger partial charge is 0.0998 e. The topological polar surface area (TPSA) is 90.9 Å². The Morgan fingerprint density at radius 2 is 2.05 bits per heavy atom. The largest absolute Gasteiger partial charge is 0.396 e. The third-order valence-electron chi connectivity index (χ3n) is 3.19. The second-order valence-electron chi connectivity index (χ2n) is 4.78. The van der Waals surface area contributed by atoms with Crippen LogP contribution in [-0.4, -0.2) is 22.8 Å². The SMILES string of the molecule is CCCc1cc(N=C(N)CCCO)c(NO)cc1CC. The Labute approximate surface area is 120 Å². The van der Waals surface area contributed by atoms with Gasteiger partial charge in [-0.3, -0.25) is 10.7 Å². The normalized spacial score (nSPS) is 11.7. The summed E-state index contributed by atoms with van der Waals surface area (Å²) in [5.41, 5.74) is 11.7. The van der Waals surface area contributed by atoms with Gasteiger partial charge in [0.25, 0.3) is 0 Å². The molecule has 20 heavy (non-hydrogen) atoms. The fourth-order valence-electron chi connectivity index (χ4n) is 2.16. The zero-order valence-electron chi connectivity index (χ0n) is 12.3. The van der Waals surface area contributed by atoms with Crippen molar-refractivity contribution in [3.05, 3.63) is 23.3 Å². The summed E-state index contributed by atoms with van der Waals surface area (Å²) in [5.74, 6) is 0.460. The maximum Gasteiger partial charge on any atom is 0.0998 e. The van der Waals surface area contributed by atoms with E-state index in [1.165, 1.54) is 11.1 Å². The number of aryl methyl sites for hydroxylation is 2. The van der Waals surface area contributed by atoms with E-state index in [1.807, 2.05) is 12.1 Å². The molecule has 0 heterocycles. The highest BCUT2D eigenvalue weighted by Crippen LogP contribution is 2.30. The van der Waals surface area contributed by atoms with Gasteiger partial charge in [-0.15, -0.1) is 0 Å². The number of nitrogens with zero attached hydrogens (tertiary/aromatic N) is 1. The number of aliphatic imine (C=N–C) groups is 1. The zero-order chi connectivity index (χ0) is 15.0. The van der Waals surface area contributed by atoms with E-state index in [0.29, 0.717) is 30.1 Å². The van der Waals surface area contributed by atoms with E-state index in [1.54, 1.807) is 0 Å². The lowest BCUT2D eigenvalue weighted by Crippen LogP contribution is -2.11. The molecule has 0 saturated heterocycles. The van der Waals surface area contributed by atoms with Crippen LogP contribution in [0, 0.1) is 0 Å². The fourth-order valence-corrected chi connectivity index (χ4v) is 2.16. The predicted octanol–water partition coefficient (Wildman–Crippen LogP) is 2.76. The Kier molecular flexibility index (Phi) is 7.04. The number of nitrogens with two attached hydrogens (primary N) is 1. The molecule has 0 atom stereocenters. The van der Waals surface area contributed by atoms with Crippen LogP contribution in [0.3, 0.4) is 0 Å². The molecule has 5 N–H and O–H groups in total. The van der Waals surface area contributed by atoms with E-state index in [9.17, 15) is 5.21 Å². The molecule has 0 aliphatic rings. The number of aliphatic hydroxyl groups excluding tert-OH is 1. The van der Waals surface area contributed by atoms with Crippen molar-refractivity contribution in [1.29, 1.82) is 0 Å². The van der Waals surface area contributed by atoms with Crippen molar-refractivity contribution in [1.82, 2.24) is 0 Å². The van der Waals surface area contributed by atoms with Crippen molar-refractivity contribution in [3.8, 4) is 0 Å². The van der Waals surface area contributed by atoms with Crippen molar-refractivity contribution in [3.63, 3.8) is 0 Å². The Morgan fingerprint density at radius 1 is 1.30 bits per heavy atom. The maximum atomic E-state index is 9.25. The first-order valence-corrected chi connectivity index (χ1v) is 7.16. The summed E-state index contributed by atoms with van der Waals surface area (Å²) in [6.45, 7) is 4.32. The van der Waals surface area contributed by atoms with Gasteiger partial charge in [0, 0.05) is 13.0 Å². The molecule has 0 aliphatic heterocycles. The van der Waals surface area contributed by atoms with Gasteiger partial charge in [-0.05, 0) is 42.5 Å². The monoisotopic (exact) mass is 279 g/mol. The molecule has 0 spiro atoms. The van der Waals surface area contributed by atoms with Crippen molar-refractivity contribution in [2.75, 3.05) is 12.1 Å². The summed E-state index contributed by atoms with van der Waals surface area (Å²) >= 11 is 0. The Bertz CT molecular complexity index is 459. The van der Waals surface area contributed by atoms with E-state index in [0.717, 1.165) is 19.3 Å². The molecule has 1 rings (SSSR count). The van der Waals surface area contributed by atoms with Gasteiger partial charge in [-0.1, -0.05) is 20.3 Å². The second kappa shape index (κ2) is 8.55. The number of nitrogens with one attached hydrogen (secondary N) is 1. The summed E-state index contributed by atoms with van der Waals surface area (Å²) < 4.78 is 0. The van der Waals surface area contributed by atoms with Crippen molar-refractivity contribution in [2.45, 2.75) is 46.0 Å². The average Bonchev–Trinajstić information content (AvgIpc) is 2.45. The molecule has 0 radical (unpaired) electrons. The lowest BCUT2D eigenvalue weighted by molar-refractivity contribution is 0.291. The fraction of sp³-hybridized carbons (Fsp3) is 0.533. The third-order valence-corrected chi connectivity index (χ3v) is 3.19. The van der Waals surface area contributed by atoms with Gasteiger partial charge in [0.1, 0.15) is 0 Å². The molecular formula is C15H25N3O2. The summed E-state index contributed by atoms with van der Waals surface area (Å²) in [4.78, 5) is 4.35. The molecule has 5 heteroatoms. The number of hydrogen-bond donors (Lipinski definition) is 4. The van der Waals surface area contributed by atoms with E-state index >= 15 is 0 Å². The summed E-state index contributed by atoms with van der Waals surface area (Å²) in [6.07, 6.45) is 4.08. The average molecular weight is 279 g/mol. The van der Waals surface area contributed by atoms with Crippen molar-refractivity contribution in [2.24, 2.45) is 10.7 Å². The van der Waals surface area contributed by atoms with Crippen molar-refractivity contribution < 1.29 is 10.3 Å². The first kappa shape index (κ1) is 16.5. The number of aliphatic hydroxyl groups is 1. The molecule has 0 aromatic heterocycles. The number of amidine groups is 1. The van der Waals surface area contributed by atoms with Crippen LogP contribution in [0.5, 0.6) is 0 Å². The molecule has 1 aromatic carbocycles. The van der Waals surface area contributed by atoms with Crippen LogP contribution in [0.4, 0.5) is 11.4 Å². The molecule has 1 aromatic rings. The standard InChI is InChI=1S/C15H25N3O2/c1-3-6-12-10-13(17-15(16)7-5-8-19)14(18-20)9-11(12)4-2/h9-10,18-20H,3-8H2,1-2H3,(H2,16,17). The van der Waals surface area contributed by atoms with Crippen LogP contribution in [-0.2, 0) is 12.8 Å². The molecule has 112 valence electrons. The molecule has 0 bridgehead atoms. The minimum atomic E-state index is 0.0944. The number of anilines is 1. The minimum absolute atomic E-state index is 0.0944. The third kappa shape index (κ3) is 4.51. The van der Waals surface area contributed by atoms with Gasteiger partial charge in [-0.25, -0.2) is 4.99 Å². The summed E-state index contributed by atoms with van der Waals surface area (Å²) in [6, 6.07) is 3.90. The highest BCUT2D eigenvalue weighted by Gasteiger charge is 2.08. The van der Waals surface area contributed by atoms with Crippen molar-refractivity contribution >= 4 is 17.2 Å². The number of hydrogen-bond acceptors (Lipinski definition) is 4. The molecule has 0 amide bonds. The van der Waals surface area contributed by atoms with Gasteiger partial charge in [0.05, 0.1) is 17.2 Å². The highest BCUT2D eigenvalue weighted by atomic mass is 16.5. The Morgan fingerprint density at radius 3 is 2.60 bits per heavy atom. The van der Waals surface area contributed by atoms with Gasteiger partial charge in [-0.2, -0.15) is 0 Å². The van der Waals surface area contributed by atoms with Crippen LogP contribution in [0.15, 0.2) is 17.1 Å². The van der Waals surface area contributed by atoms with Crippen LogP contribution in [0.25, 0.3) is 0 Å². The minimum Gasteiger partial charge on any atom is -0.396 e. The Hall–Kier alpha value is -1.59. The summed E-state index contributed by atoms with van der Waals surface area (Å²) in [5, 5.41) is 18.0. The van der Waals surface area contributed by atoms with Crippen LogP contribution in [0.1, 0.15) is 44.2 Å². The summed E-state index contributed by atoms with van der Waals surface area (Å²) in [7, 11) is 0. The highest BCUT2D eigenvalue weighted by molar-refractivity contribution is 5.85. The second-order valence-corrected chi connectivity index (χ2v) is 4.78. The maximum absolute atomic E-state index is 9.25. The van der Waals surface area contributed by atoms with E-state index in [-0.39, 0.29) is 6.61 Å². The first-order chi connectivity index (χ1) is 9.65. The Balaban J connectivity index is 3.12. The van der Waals surface area contributed by atoms with E-state index in [4.69, 9.17) is 10.8 Å². The number of rotatable bonds is 8. The quantitative estimate of drug-likeness (QED) is 0.334. The lowest BCUT2D eigenvalue weighted by atomic mass is 9.99. The van der Waals surface area contributed by atoms with Gasteiger partial charge < -0.3 is 10.8 Å². The molecule has 0 aliphatic carbocycles. The van der Waals surface area contributed by atoms with E-state index in [2.05, 4.69) is 24.3 Å². The molecule has 0 fully saturated rings. The zero-order valence-corrected chi connectivity index (χ0v) is 12.3.